The van der Waals surface area contributed by atoms with Gasteiger partial charge < -0.3 is 10.5 Å². The molecule has 9 nitrogen and oxygen atoms in total. The average Bonchev–Trinajstić information content (AvgIpc) is 2.63. The lowest BCUT2D eigenvalue weighted by molar-refractivity contribution is -0.385. The number of rotatable bonds is 3. The van der Waals surface area contributed by atoms with Gasteiger partial charge in [-0.3, -0.25) is 15.2 Å². The van der Waals surface area contributed by atoms with Crippen molar-refractivity contribution in [3.63, 3.8) is 0 Å². The number of nitrogens with one attached hydrogen (secondary N) is 1. The molecule has 0 aliphatic rings. The Labute approximate surface area is 94.8 Å². The van der Waals surface area contributed by atoms with E-state index in [2.05, 4.69) is 20.2 Å². The van der Waals surface area contributed by atoms with Gasteiger partial charge in [0.2, 0.25) is 11.7 Å². The summed E-state index contributed by atoms with van der Waals surface area (Å²) >= 11 is 0. The van der Waals surface area contributed by atoms with Crippen LogP contribution >= 0.6 is 0 Å². The van der Waals surface area contributed by atoms with Crippen molar-refractivity contribution in [3.8, 4) is 11.8 Å². The highest BCUT2D eigenvalue weighted by Gasteiger charge is 2.23. The number of hydrogen-bond acceptors (Lipinski definition) is 7. The third-order valence-corrected chi connectivity index (χ3v) is 1.88. The van der Waals surface area contributed by atoms with Crippen molar-refractivity contribution in [1.82, 2.24) is 20.2 Å². The summed E-state index contributed by atoms with van der Waals surface area (Å²) in [6.07, 6.45) is 1.08. The Balaban J connectivity index is 2.39. The van der Waals surface area contributed by atoms with E-state index in [1.807, 2.05) is 0 Å². The first kappa shape index (κ1) is 10.8. The maximum atomic E-state index is 10.8. The molecule has 2 aromatic heterocycles. The molecular formula is C8H8N6O3. The largest absolute Gasteiger partial charge is 0.413 e. The highest BCUT2D eigenvalue weighted by atomic mass is 16.6. The van der Waals surface area contributed by atoms with Gasteiger partial charge in [-0.2, -0.15) is 4.98 Å². The van der Waals surface area contributed by atoms with E-state index in [-0.39, 0.29) is 17.6 Å². The van der Waals surface area contributed by atoms with E-state index in [0.717, 1.165) is 12.0 Å². The third-order valence-electron chi connectivity index (χ3n) is 1.88. The van der Waals surface area contributed by atoms with E-state index in [1.54, 1.807) is 13.0 Å². The van der Waals surface area contributed by atoms with Crippen LogP contribution in [-0.2, 0) is 0 Å². The molecule has 0 aliphatic carbocycles. The van der Waals surface area contributed by atoms with Crippen molar-refractivity contribution in [2.75, 3.05) is 5.73 Å². The summed E-state index contributed by atoms with van der Waals surface area (Å²) < 4.78 is 5.16. The van der Waals surface area contributed by atoms with Gasteiger partial charge in [0.25, 0.3) is 0 Å². The Morgan fingerprint density at radius 1 is 1.53 bits per heavy atom. The number of aromatic nitrogens is 4. The van der Waals surface area contributed by atoms with E-state index in [0.29, 0.717) is 0 Å². The normalized spacial score (nSPS) is 10.2. The van der Waals surface area contributed by atoms with Gasteiger partial charge in [-0.05, 0) is 6.92 Å². The molecule has 0 fully saturated rings. The Kier molecular flexibility index (Phi) is 2.57. The first-order valence-electron chi connectivity index (χ1n) is 4.52. The summed E-state index contributed by atoms with van der Waals surface area (Å²) in [6.45, 7) is 1.77. The molecule has 2 heterocycles. The van der Waals surface area contributed by atoms with Crippen molar-refractivity contribution in [2.24, 2.45) is 0 Å². The molecule has 9 heteroatoms. The molecule has 2 rings (SSSR count). The number of H-pyrrole nitrogens is 1. The highest BCUT2D eigenvalue weighted by Crippen LogP contribution is 2.31. The molecule has 0 saturated carbocycles. The highest BCUT2D eigenvalue weighted by molar-refractivity contribution is 5.58. The van der Waals surface area contributed by atoms with Crippen LogP contribution in [-0.4, -0.2) is 25.1 Å². The number of nitro groups is 1. The molecule has 0 radical (unpaired) electrons. The minimum atomic E-state index is -0.704. The average molecular weight is 236 g/mol. The fraction of sp³-hybridized carbons (Fsp3) is 0.125. The number of aromatic amines is 1. The molecule has 0 unspecified atom stereocenters. The molecule has 2 aromatic rings. The SMILES string of the molecule is Cc1cc(Oc2ncnc(N)c2[N+](=O)[O-])n[nH]1. The lowest BCUT2D eigenvalue weighted by atomic mass is 10.4. The molecule has 0 aliphatic heterocycles. The summed E-state index contributed by atoms with van der Waals surface area (Å²) in [4.78, 5) is 17.3. The van der Waals surface area contributed by atoms with Crippen molar-refractivity contribution in [1.29, 1.82) is 0 Å². The second kappa shape index (κ2) is 4.04. The zero-order chi connectivity index (χ0) is 12.4. The summed E-state index contributed by atoms with van der Waals surface area (Å²) in [5.74, 6) is -0.329. The number of anilines is 1. The van der Waals surface area contributed by atoms with Crippen LogP contribution in [0.5, 0.6) is 11.8 Å². The molecule has 17 heavy (non-hydrogen) atoms. The number of nitrogen functional groups attached to an aromatic ring is 1. The van der Waals surface area contributed by atoms with E-state index in [1.165, 1.54) is 0 Å². The minimum Gasteiger partial charge on any atom is -0.413 e. The number of aryl methyl sites for hydroxylation is 1. The van der Waals surface area contributed by atoms with E-state index >= 15 is 0 Å². The predicted molar refractivity (Wildman–Crippen MR) is 56.5 cm³/mol. The second-order valence-electron chi connectivity index (χ2n) is 3.16. The van der Waals surface area contributed by atoms with Crippen molar-refractivity contribution >= 4 is 11.5 Å². The Morgan fingerprint density at radius 2 is 2.29 bits per heavy atom. The maximum Gasteiger partial charge on any atom is 0.373 e. The van der Waals surface area contributed by atoms with Gasteiger partial charge in [0, 0.05) is 11.8 Å². The molecule has 0 bridgehead atoms. The summed E-state index contributed by atoms with van der Waals surface area (Å²) in [5, 5.41) is 17.2. The van der Waals surface area contributed by atoms with Crippen LogP contribution in [0.1, 0.15) is 5.69 Å². The second-order valence-corrected chi connectivity index (χ2v) is 3.16. The number of ether oxygens (including phenoxy) is 1. The van der Waals surface area contributed by atoms with Gasteiger partial charge in [0.05, 0.1) is 4.92 Å². The fourth-order valence-electron chi connectivity index (χ4n) is 1.17. The molecule has 0 atom stereocenters. The van der Waals surface area contributed by atoms with Gasteiger partial charge in [-0.25, -0.2) is 4.98 Å². The summed E-state index contributed by atoms with van der Waals surface area (Å²) in [7, 11) is 0. The van der Waals surface area contributed by atoms with Crippen molar-refractivity contribution < 1.29 is 9.66 Å². The van der Waals surface area contributed by atoms with Gasteiger partial charge in [0.15, 0.2) is 0 Å². The van der Waals surface area contributed by atoms with Gasteiger partial charge in [-0.1, -0.05) is 0 Å². The van der Waals surface area contributed by atoms with Crippen LogP contribution in [0.15, 0.2) is 12.4 Å². The minimum absolute atomic E-state index is 0.170. The van der Waals surface area contributed by atoms with E-state index in [4.69, 9.17) is 10.5 Å². The molecule has 3 N–H and O–H groups in total. The smallest absolute Gasteiger partial charge is 0.373 e. The Morgan fingerprint density at radius 3 is 2.88 bits per heavy atom. The zero-order valence-corrected chi connectivity index (χ0v) is 8.75. The summed E-state index contributed by atoms with van der Waals surface area (Å²) in [6, 6.07) is 1.57. The Bertz CT molecular complexity index is 566. The summed E-state index contributed by atoms with van der Waals surface area (Å²) in [5.41, 5.74) is 5.66. The lowest BCUT2D eigenvalue weighted by Gasteiger charge is -2.02. The third kappa shape index (κ3) is 2.12. The topological polar surface area (TPSA) is 133 Å². The maximum absolute atomic E-state index is 10.8. The molecule has 0 amide bonds. The van der Waals surface area contributed by atoms with Gasteiger partial charge >= 0.3 is 11.6 Å². The monoisotopic (exact) mass is 236 g/mol. The Hall–Kier alpha value is -2.71. The molecule has 0 spiro atoms. The van der Waals surface area contributed by atoms with Crippen LogP contribution in [0, 0.1) is 17.0 Å². The van der Waals surface area contributed by atoms with Crippen LogP contribution in [0.2, 0.25) is 0 Å². The van der Waals surface area contributed by atoms with Crippen LogP contribution < -0.4 is 10.5 Å². The zero-order valence-electron chi connectivity index (χ0n) is 8.75. The van der Waals surface area contributed by atoms with Crippen LogP contribution in [0.25, 0.3) is 0 Å². The number of nitrogens with two attached hydrogens (primary N) is 1. The molecule has 88 valence electrons. The number of nitrogens with zero attached hydrogens (tertiary/aromatic N) is 4. The first-order valence-corrected chi connectivity index (χ1v) is 4.52. The van der Waals surface area contributed by atoms with Crippen LogP contribution in [0.3, 0.4) is 0 Å². The standard InChI is InChI=1S/C8H8N6O3/c1-4-2-5(13-12-4)17-8-6(14(15)16)7(9)10-3-11-8/h2-3H,1H3,(H,12,13)(H2,9,10,11). The van der Waals surface area contributed by atoms with E-state index in [9.17, 15) is 10.1 Å². The predicted octanol–water partition coefficient (Wildman–Crippen LogP) is 0.791. The first-order chi connectivity index (χ1) is 8.08. The molecule has 0 aromatic carbocycles. The van der Waals surface area contributed by atoms with Crippen molar-refractivity contribution in [3.05, 3.63) is 28.2 Å². The van der Waals surface area contributed by atoms with Crippen LogP contribution in [0.4, 0.5) is 11.5 Å². The molecular weight excluding hydrogens is 228 g/mol. The lowest BCUT2D eigenvalue weighted by Crippen LogP contribution is -2.02. The molecule has 0 saturated heterocycles. The van der Waals surface area contributed by atoms with Gasteiger partial charge in [0.1, 0.15) is 6.33 Å². The van der Waals surface area contributed by atoms with E-state index < -0.39 is 10.6 Å². The van der Waals surface area contributed by atoms with Crippen molar-refractivity contribution in [2.45, 2.75) is 6.92 Å². The quantitative estimate of drug-likeness (QED) is 0.594. The van der Waals surface area contributed by atoms with Gasteiger partial charge in [-0.15, -0.1) is 5.10 Å². The fourth-order valence-corrected chi connectivity index (χ4v) is 1.17. The number of hydrogen-bond donors (Lipinski definition) is 2.